The molecule has 106 valence electrons. The molecule has 0 spiro atoms. The summed E-state index contributed by atoms with van der Waals surface area (Å²) < 4.78 is 0. The number of amides is 1. The van der Waals surface area contributed by atoms with Crippen LogP contribution in [0.1, 0.15) is 38.7 Å². The molecule has 4 heteroatoms. The third kappa shape index (κ3) is 3.26. The molecule has 0 fully saturated rings. The Morgan fingerprint density at radius 1 is 1.30 bits per heavy atom. The van der Waals surface area contributed by atoms with Crippen molar-refractivity contribution in [3.05, 3.63) is 56.8 Å². The van der Waals surface area contributed by atoms with Crippen LogP contribution < -0.4 is 5.32 Å². The van der Waals surface area contributed by atoms with E-state index in [2.05, 4.69) is 5.32 Å². The predicted molar refractivity (Wildman–Crippen MR) is 82.3 cm³/mol. The van der Waals surface area contributed by atoms with Crippen LogP contribution in [-0.4, -0.2) is 17.6 Å². The molecule has 1 amide bonds. The lowest BCUT2D eigenvalue weighted by molar-refractivity contribution is 0.0915. The second-order valence-electron chi connectivity index (χ2n) is 5.06. The first-order valence-corrected chi connectivity index (χ1v) is 7.49. The summed E-state index contributed by atoms with van der Waals surface area (Å²) in [5.41, 5.74) is 4.62. The second-order valence-corrected chi connectivity index (χ2v) is 5.84. The van der Waals surface area contributed by atoms with Crippen molar-refractivity contribution in [3.8, 4) is 0 Å². The first kappa shape index (κ1) is 14.8. The molecule has 0 bridgehead atoms. The van der Waals surface area contributed by atoms with Gasteiger partial charge < -0.3 is 10.4 Å². The van der Waals surface area contributed by atoms with E-state index in [9.17, 15) is 9.90 Å². The van der Waals surface area contributed by atoms with E-state index in [1.54, 1.807) is 0 Å². The third-order valence-corrected chi connectivity index (χ3v) is 3.99. The van der Waals surface area contributed by atoms with Gasteiger partial charge in [0.25, 0.3) is 5.91 Å². The highest BCUT2D eigenvalue weighted by Gasteiger charge is 2.15. The van der Waals surface area contributed by atoms with E-state index in [0.29, 0.717) is 5.56 Å². The van der Waals surface area contributed by atoms with E-state index in [4.69, 9.17) is 0 Å². The molecule has 3 nitrogen and oxygen atoms in total. The van der Waals surface area contributed by atoms with Crippen LogP contribution in [0.2, 0.25) is 0 Å². The monoisotopic (exact) mass is 289 g/mol. The second kappa shape index (κ2) is 6.20. The number of carbonyl (C=O) groups excluding carboxylic acids is 1. The molecule has 0 saturated heterocycles. The summed E-state index contributed by atoms with van der Waals surface area (Å²) in [6.45, 7) is 6.11. The molecule has 1 unspecified atom stereocenters. The van der Waals surface area contributed by atoms with Gasteiger partial charge in [0.2, 0.25) is 0 Å². The van der Waals surface area contributed by atoms with Crippen LogP contribution >= 0.6 is 11.3 Å². The first-order chi connectivity index (χ1) is 9.49. The zero-order valence-electron chi connectivity index (χ0n) is 11.9. The largest absolute Gasteiger partial charge is 0.387 e. The summed E-state index contributed by atoms with van der Waals surface area (Å²) in [7, 11) is 0. The molecule has 0 aliphatic carbocycles. The van der Waals surface area contributed by atoms with Crippen LogP contribution in [0.25, 0.3) is 0 Å². The summed E-state index contributed by atoms with van der Waals surface area (Å²) in [5, 5.41) is 16.6. The summed E-state index contributed by atoms with van der Waals surface area (Å²) in [4.78, 5) is 12.3. The van der Waals surface area contributed by atoms with Crippen LogP contribution in [0, 0.1) is 20.8 Å². The molecule has 20 heavy (non-hydrogen) atoms. The molecule has 1 aromatic carbocycles. The molecule has 2 aromatic rings. The fourth-order valence-electron chi connectivity index (χ4n) is 2.40. The molecule has 1 heterocycles. The highest BCUT2D eigenvalue weighted by molar-refractivity contribution is 7.07. The number of aliphatic hydroxyl groups excluding tert-OH is 1. The molecule has 1 atom stereocenters. The Kier molecular flexibility index (Phi) is 4.57. The van der Waals surface area contributed by atoms with Gasteiger partial charge in [-0.2, -0.15) is 11.3 Å². The molecule has 1 aromatic heterocycles. The average Bonchev–Trinajstić information content (AvgIpc) is 2.88. The number of rotatable bonds is 4. The molecular formula is C16H19NO2S. The number of aliphatic hydroxyl groups is 1. The van der Waals surface area contributed by atoms with E-state index in [1.807, 2.05) is 49.7 Å². The Morgan fingerprint density at radius 2 is 1.95 bits per heavy atom. The van der Waals surface area contributed by atoms with Gasteiger partial charge in [0.1, 0.15) is 0 Å². The maximum atomic E-state index is 12.3. The topological polar surface area (TPSA) is 49.3 Å². The quantitative estimate of drug-likeness (QED) is 0.908. The van der Waals surface area contributed by atoms with Crippen molar-refractivity contribution in [2.45, 2.75) is 26.9 Å². The molecule has 0 radical (unpaired) electrons. The van der Waals surface area contributed by atoms with Crippen LogP contribution in [0.3, 0.4) is 0 Å². The van der Waals surface area contributed by atoms with Crippen molar-refractivity contribution >= 4 is 17.2 Å². The molecule has 0 aliphatic heterocycles. The van der Waals surface area contributed by atoms with Gasteiger partial charge in [0.15, 0.2) is 0 Å². The predicted octanol–water partition coefficient (Wildman–Crippen LogP) is 3.14. The van der Waals surface area contributed by atoms with E-state index in [-0.39, 0.29) is 12.5 Å². The molecule has 0 saturated carbocycles. The van der Waals surface area contributed by atoms with Gasteiger partial charge in [-0.3, -0.25) is 4.79 Å². The fraction of sp³-hybridized carbons (Fsp3) is 0.312. The molecular weight excluding hydrogens is 270 g/mol. The SMILES string of the molecule is Cc1cc(C)c(C(=O)NCC(O)c2ccsc2)c(C)c1. The van der Waals surface area contributed by atoms with Crippen LogP contribution in [0.4, 0.5) is 0 Å². The van der Waals surface area contributed by atoms with E-state index >= 15 is 0 Å². The van der Waals surface area contributed by atoms with Crippen LogP contribution in [-0.2, 0) is 0 Å². The minimum atomic E-state index is -0.656. The van der Waals surface area contributed by atoms with Crippen molar-refractivity contribution in [1.29, 1.82) is 0 Å². The van der Waals surface area contributed by atoms with E-state index < -0.39 is 6.10 Å². The average molecular weight is 289 g/mol. The fourth-order valence-corrected chi connectivity index (χ4v) is 3.11. The Balaban J connectivity index is 2.06. The smallest absolute Gasteiger partial charge is 0.251 e. The minimum absolute atomic E-state index is 0.130. The van der Waals surface area contributed by atoms with E-state index in [0.717, 1.165) is 22.3 Å². The zero-order valence-corrected chi connectivity index (χ0v) is 12.8. The maximum Gasteiger partial charge on any atom is 0.251 e. The number of thiophene rings is 1. The molecule has 2 N–H and O–H groups in total. The first-order valence-electron chi connectivity index (χ1n) is 6.55. The normalized spacial score (nSPS) is 12.2. The Morgan fingerprint density at radius 3 is 2.50 bits per heavy atom. The zero-order chi connectivity index (χ0) is 14.7. The maximum absolute atomic E-state index is 12.3. The number of nitrogens with one attached hydrogen (secondary N) is 1. The highest BCUT2D eigenvalue weighted by atomic mass is 32.1. The minimum Gasteiger partial charge on any atom is -0.387 e. The number of aryl methyl sites for hydroxylation is 3. The number of hydrogen-bond donors (Lipinski definition) is 2. The van der Waals surface area contributed by atoms with Gasteiger partial charge in [-0.1, -0.05) is 17.7 Å². The Hall–Kier alpha value is -1.65. The number of carbonyl (C=O) groups is 1. The van der Waals surface area contributed by atoms with Gasteiger partial charge in [-0.15, -0.1) is 0 Å². The van der Waals surface area contributed by atoms with Crippen molar-refractivity contribution < 1.29 is 9.90 Å². The summed E-state index contributed by atoms with van der Waals surface area (Å²) >= 11 is 1.53. The van der Waals surface area contributed by atoms with Gasteiger partial charge in [-0.25, -0.2) is 0 Å². The van der Waals surface area contributed by atoms with E-state index in [1.165, 1.54) is 11.3 Å². The summed E-state index contributed by atoms with van der Waals surface area (Å²) in [6.07, 6.45) is -0.656. The van der Waals surface area contributed by atoms with Crippen LogP contribution in [0.5, 0.6) is 0 Å². The summed E-state index contributed by atoms with van der Waals surface area (Å²) in [6, 6.07) is 5.86. The number of hydrogen-bond acceptors (Lipinski definition) is 3. The Bertz CT molecular complexity index is 582. The van der Waals surface area contributed by atoms with Gasteiger partial charge in [-0.05, 0) is 54.3 Å². The van der Waals surface area contributed by atoms with Crippen LogP contribution in [0.15, 0.2) is 29.0 Å². The lowest BCUT2D eigenvalue weighted by Gasteiger charge is -2.14. The lowest BCUT2D eigenvalue weighted by Crippen LogP contribution is -2.29. The van der Waals surface area contributed by atoms with Gasteiger partial charge >= 0.3 is 0 Å². The Labute approximate surface area is 123 Å². The summed E-state index contributed by atoms with van der Waals surface area (Å²) in [5.74, 6) is -0.130. The highest BCUT2D eigenvalue weighted by Crippen LogP contribution is 2.18. The van der Waals surface area contributed by atoms with Crippen molar-refractivity contribution in [1.82, 2.24) is 5.32 Å². The number of benzene rings is 1. The third-order valence-electron chi connectivity index (χ3n) is 3.29. The lowest BCUT2D eigenvalue weighted by atomic mass is 9.99. The van der Waals surface area contributed by atoms with Crippen molar-refractivity contribution in [2.75, 3.05) is 6.54 Å². The molecule has 2 rings (SSSR count). The standard InChI is InChI=1S/C16H19NO2S/c1-10-6-11(2)15(12(3)7-10)16(19)17-8-14(18)13-4-5-20-9-13/h4-7,9,14,18H,8H2,1-3H3,(H,17,19). The van der Waals surface area contributed by atoms with Crippen molar-refractivity contribution in [3.63, 3.8) is 0 Å². The van der Waals surface area contributed by atoms with Gasteiger partial charge in [0.05, 0.1) is 6.10 Å². The van der Waals surface area contributed by atoms with Gasteiger partial charge in [0, 0.05) is 12.1 Å². The van der Waals surface area contributed by atoms with Crippen molar-refractivity contribution in [2.24, 2.45) is 0 Å². The molecule has 0 aliphatic rings.